The molecule has 6 rings (SSSR count). The van der Waals surface area contributed by atoms with Gasteiger partial charge in [-0.3, -0.25) is 14.4 Å². The van der Waals surface area contributed by atoms with Gasteiger partial charge in [0.1, 0.15) is 16.7 Å². The van der Waals surface area contributed by atoms with E-state index in [0.717, 1.165) is 11.3 Å². The first kappa shape index (κ1) is 23.4. The van der Waals surface area contributed by atoms with Crippen LogP contribution in [-0.2, 0) is 16.0 Å². The number of hydrogen-bond acceptors (Lipinski definition) is 8. The van der Waals surface area contributed by atoms with E-state index in [1.165, 1.54) is 20.0 Å². The Balaban J connectivity index is 1.32. The summed E-state index contributed by atoms with van der Waals surface area (Å²) in [5.41, 5.74) is -0.245. The number of nitrogens with one attached hydrogen (secondary N) is 1. The summed E-state index contributed by atoms with van der Waals surface area (Å²) in [7, 11) is 0. The number of hydrogen-bond donors (Lipinski definition) is 1. The van der Waals surface area contributed by atoms with E-state index >= 15 is 0 Å². The molecule has 0 bridgehead atoms. The molecule has 0 unspecified atom stereocenters. The summed E-state index contributed by atoms with van der Waals surface area (Å²) in [6.45, 7) is 3.04. The van der Waals surface area contributed by atoms with Crippen LogP contribution in [0.2, 0.25) is 0 Å². The minimum Gasteiger partial charge on any atom is -0.336 e. The lowest BCUT2D eigenvalue weighted by molar-refractivity contribution is -0.163. The Bertz CT molecular complexity index is 1520. The van der Waals surface area contributed by atoms with Crippen LogP contribution in [0.5, 0.6) is 0 Å². The highest BCUT2D eigenvalue weighted by molar-refractivity contribution is 6.44. The Morgan fingerprint density at radius 2 is 2.00 bits per heavy atom. The standard InChI is InChI=1S/C24H22F2N6O5/c1-3-16(33)23(9-24(25,26)10-23)28-21(35)19(34)17-11(2)18(31-14-7-12(14)8-15(17)31)22(36)37-32-20-13(29-30-32)5-4-6-27-20/h4-6,12,14H,3,7-10H2,1-2H3,(H,28,35)/t12-,14-/m1/s1. The fourth-order valence-electron chi connectivity index (χ4n) is 5.75. The lowest BCUT2D eigenvalue weighted by atomic mass is 9.69. The lowest BCUT2D eigenvalue weighted by Crippen LogP contribution is -2.67. The smallest absolute Gasteiger partial charge is 0.336 e. The van der Waals surface area contributed by atoms with Crippen molar-refractivity contribution in [1.82, 2.24) is 30.0 Å². The number of carbonyl (C=O) groups is 4. The van der Waals surface area contributed by atoms with E-state index in [-0.39, 0.29) is 40.8 Å². The van der Waals surface area contributed by atoms with Crippen molar-refractivity contribution < 1.29 is 32.8 Å². The molecule has 0 saturated heterocycles. The van der Waals surface area contributed by atoms with Crippen LogP contribution in [-0.4, -0.2) is 59.6 Å². The first-order valence-corrected chi connectivity index (χ1v) is 12.0. The zero-order valence-corrected chi connectivity index (χ0v) is 20.0. The number of halogens is 2. The number of pyridine rings is 1. The van der Waals surface area contributed by atoms with E-state index in [2.05, 4.69) is 20.6 Å². The third-order valence-electron chi connectivity index (χ3n) is 7.53. The van der Waals surface area contributed by atoms with E-state index in [1.54, 1.807) is 16.7 Å². The maximum Gasteiger partial charge on any atom is 0.382 e. The van der Waals surface area contributed by atoms with Crippen molar-refractivity contribution in [3.8, 4) is 0 Å². The highest BCUT2D eigenvalue weighted by Gasteiger charge is 2.61. The van der Waals surface area contributed by atoms with Crippen molar-refractivity contribution in [2.24, 2.45) is 5.92 Å². The Labute approximate surface area is 208 Å². The van der Waals surface area contributed by atoms with E-state index in [4.69, 9.17) is 4.84 Å². The minimum absolute atomic E-state index is 0.00943. The predicted molar refractivity (Wildman–Crippen MR) is 121 cm³/mol. The third kappa shape index (κ3) is 3.47. The number of Topliss-reactive ketones (excluding diaryl/α,β-unsaturated/α-hetero) is 2. The van der Waals surface area contributed by atoms with Crippen LogP contribution >= 0.6 is 0 Å². The second-order valence-electron chi connectivity index (χ2n) is 9.97. The van der Waals surface area contributed by atoms with Gasteiger partial charge in [0.25, 0.3) is 17.6 Å². The molecular weight excluding hydrogens is 490 g/mol. The van der Waals surface area contributed by atoms with Crippen LogP contribution in [0, 0.1) is 12.8 Å². The Hall–Kier alpha value is -4.03. The van der Waals surface area contributed by atoms with Gasteiger partial charge in [-0.2, -0.15) is 0 Å². The molecule has 0 radical (unpaired) electrons. The largest absolute Gasteiger partial charge is 0.382 e. The van der Waals surface area contributed by atoms with Crippen molar-refractivity contribution >= 4 is 34.6 Å². The van der Waals surface area contributed by atoms with Crippen LogP contribution < -0.4 is 10.2 Å². The van der Waals surface area contributed by atoms with Crippen LogP contribution in [0.1, 0.15) is 70.8 Å². The summed E-state index contributed by atoms with van der Waals surface area (Å²) in [5.74, 6) is -6.36. The maximum atomic E-state index is 13.7. The molecule has 192 valence electrons. The summed E-state index contributed by atoms with van der Waals surface area (Å²) >= 11 is 0. The molecule has 37 heavy (non-hydrogen) atoms. The summed E-state index contributed by atoms with van der Waals surface area (Å²) in [5, 5.41) is 10.00. The topological polar surface area (TPSA) is 138 Å². The summed E-state index contributed by atoms with van der Waals surface area (Å²) in [6, 6.07) is 3.30. The third-order valence-corrected chi connectivity index (χ3v) is 7.53. The van der Waals surface area contributed by atoms with Crippen molar-refractivity contribution in [1.29, 1.82) is 0 Å². The maximum absolute atomic E-state index is 13.7. The Kier molecular flexibility index (Phi) is 4.89. The molecule has 0 spiro atoms. The van der Waals surface area contributed by atoms with E-state index in [0.29, 0.717) is 17.6 Å². The van der Waals surface area contributed by atoms with E-state index in [1.807, 2.05) is 0 Å². The Morgan fingerprint density at radius 1 is 1.24 bits per heavy atom. The number of nitrogens with zero attached hydrogens (tertiary/aromatic N) is 5. The van der Waals surface area contributed by atoms with Gasteiger partial charge in [-0.15, -0.1) is 5.10 Å². The number of rotatable bonds is 7. The fourth-order valence-corrected chi connectivity index (χ4v) is 5.75. The molecule has 2 aliphatic carbocycles. The molecule has 1 N–H and O–H groups in total. The number of amides is 1. The number of ketones is 2. The molecule has 3 aromatic heterocycles. The zero-order valence-electron chi connectivity index (χ0n) is 20.0. The van der Waals surface area contributed by atoms with Gasteiger partial charge in [-0.25, -0.2) is 18.6 Å². The molecule has 0 aromatic carbocycles. The molecule has 1 amide bonds. The monoisotopic (exact) mass is 512 g/mol. The zero-order chi connectivity index (χ0) is 26.3. The summed E-state index contributed by atoms with van der Waals surface area (Å²) in [6.07, 6.45) is 1.04. The van der Waals surface area contributed by atoms with Gasteiger partial charge in [0, 0.05) is 37.2 Å². The molecular formula is C24H22F2N6O5. The highest BCUT2D eigenvalue weighted by Crippen LogP contribution is 2.54. The summed E-state index contributed by atoms with van der Waals surface area (Å²) in [4.78, 5) is 62.5. The first-order valence-electron chi connectivity index (χ1n) is 12.0. The van der Waals surface area contributed by atoms with Gasteiger partial charge < -0.3 is 14.7 Å². The van der Waals surface area contributed by atoms with Gasteiger partial charge in [0.15, 0.2) is 5.78 Å². The molecule has 13 heteroatoms. The molecule has 1 aliphatic heterocycles. The SMILES string of the molecule is CCC(=O)C1(NC(=O)C(=O)c2c(C)c(C(=O)On3nnc4cccnc43)n3c2C[C@H]2C[C@H]23)CC(F)(F)C1. The van der Waals surface area contributed by atoms with E-state index < -0.39 is 47.7 Å². The molecule has 2 saturated carbocycles. The van der Waals surface area contributed by atoms with Crippen LogP contribution in [0.25, 0.3) is 11.2 Å². The fraction of sp³-hybridized carbons (Fsp3) is 0.458. The lowest BCUT2D eigenvalue weighted by Gasteiger charge is -2.46. The van der Waals surface area contributed by atoms with Gasteiger partial charge in [-0.05, 0) is 53.4 Å². The number of carbonyl (C=O) groups excluding carboxylic acids is 4. The van der Waals surface area contributed by atoms with Crippen molar-refractivity contribution in [3.63, 3.8) is 0 Å². The quantitative estimate of drug-likeness (QED) is 0.287. The van der Waals surface area contributed by atoms with E-state index in [9.17, 15) is 28.0 Å². The number of alkyl halides is 2. The molecule has 3 aromatic rings. The molecule has 4 heterocycles. The predicted octanol–water partition coefficient (Wildman–Crippen LogP) is 1.77. The van der Waals surface area contributed by atoms with Crippen LogP contribution in [0.4, 0.5) is 8.78 Å². The molecule has 2 atom stereocenters. The minimum atomic E-state index is -3.09. The van der Waals surface area contributed by atoms with Crippen molar-refractivity contribution in [3.05, 3.63) is 40.8 Å². The second-order valence-corrected chi connectivity index (χ2v) is 9.97. The number of aromatic nitrogens is 5. The van der Waals surface area contributed by atoms with Gasteiger partial charge in [-0.1, -0.05) is 6.92 Å². The molecule has 2 fully saturated rings. The highest BCUT2D eigenvalue weighted by atomic mass is 19.3. The summed E-state index contributed by atoms with van der Waals surface area (Å²) < 4.78 is 29.1. The normalized spacial score (nSPS) is 22.1. The Morgan fingerprint density at radius 3 is 2.70 bits per heavy atom. The average Bonchev–Trinajstić information content (AvgIpc) is 3.19. The molecule has 3 aliphatic rings. The average molecular weight is 512 g/mol. The molecule has 11 nitrogen and oxygen atoms in total. The van der Waals surface area contributed by atoms with Gasteiger partial charge in [0.05, 0.1) is 5.56 Å². The van der Waals surface area contributed by atoms with Gasteiger partial charge in [0.2, 0.25) is 5.65 Å². The van der Waals surface area contributed by atoms with Crippen molar-refractivity contribution in [2.75, 3.05) is 0 Å². The van der Waals surface area contributed by atoms with Crippen molar-refractivity contribution in [2.45, 2.75) is 63.5 Å². The number of fused-ring (bicyclic) bond motifs is 4. The first-order chi connectivity index (χ1) is 17.5. The van der Waals surface area contributed by atoms with Crippen LogP contribution in [0.15, 0.2) is 18.3 Å². The van der Waals surface area contributed by atoms with Crippen LogP contribution in [0.3, 0.4) is 0 Å². The second kappa shape index (κ2) is 7.73. The van der Waals surface area contributed by atoms with Gasteiger partial charge >= 0.3 is 5.97 Å².